The summed E-state index contributed by atoms with van der Waals surface area (Å²) in [5.41, 5.74) is 8.86. The number of para-hydroxylation sites is 1. The fourth-order valence-corrected chi connectivity index (χ4v) is 3.88. The molecular formula is C21H19N3. The maximum absolute atomic E-state index is 4.69. The Morgan fingerprint density at radius 3 is 2.79 bits per heavy atom. The Bertz CT molecular complexity index is 1040. The van der Waals surface area contributed by atoms with Gasteiger partial charge in [-0.2, -0.15) is 5.10 Å². The van der Waals surface area contributed by atoms with Gasteiger partial charge in [-0.3, -0.25) is 0 Å². The van der Waals surface area contributed by atoms with E-state index in [0.717, 1.165) is 18.5 Å². The lowest BCUT2D eigenvalue weighted by atomic mass is 10.0. The van der Waals surface area contributed by atoms with Crippen molar-refractivity contribution in [1.82, 2.24) is 14.8 Å². The van der Waals surface area contributed by atoms with E-state index in [4.69, 9.17) is 5.10 Å². The highest BCUT2D eigenvalue weighted by atomic mass is 15.3. The molecule has 0 radical (unpaired) electrons. The van der Waals surface area contributed by atoms with Crippen molar-refractivity contribution in [3.05, 3.63) is 71.4 Å². The number of fused-ring (bicyclic) bond motifs is 5. The summed E-state index contributed by atoms with van der Waals surface area (Å²) in [5, 5.41) is 6.04. The molecule has 2 heterocycles. The van der Waals surface area contributed by atoms with Gasteiger partial charge in [0.05, 0.1) is 23.3 Å². The van der Waals surface area contributed by atoms with Gasteiger partial charge in [0.15, 0.2) is 0 Å². The first-order valence-corrected chi connectivity index (χ1v) is 8.55. The lowest BCUT2D eigenvalue weighted by Gasteiger charge is -2.08. The fraction of sp³-hybridized carbons (Fsp3) is 0.190. The van der Waals surface area contributed by atoms with Gasteiger partial charge in [-0.25, -0.2) is 4.68 Å². The van der Waals surface area contributed by atoms with E-state index < -0.39 is 0 Å². The summed E-state index contributed by atoms with van der Waals surface area (Å²) in [6.45, 7) is 2.14. The number of nitrogens with zero attached hydrogens (tertiary/aromatic N) is 2. The zero-order valence-electron chi connectivity index (χ0n) is 13.7. The molecule has 3 heteroatoms. The minimum atomic E-state index is 1.08. The molecule has 0 saturated carbocycles. The molecule has 0 unspecified atom stereocenters. The molecule has 1 aliphatic rings. The summed E-state index contributed by atoms with van der Waals surface area (Å²) < 4.78 is 2.09. The summed E-state index contributed by atoms with van der Waals surface area (Å²) in [7, 11) is 0. The quantitative estimate of drug-likeness (QED) is 0.537. The predicted molar refractivity (Wildman–Crippen MR) is 97.6 cm³/mol. The molecule has 3 nitrogen and oxygen atoms in total. The number of H-pyrrole nitrogens is 1. The van der Waals surface area contributed by atoms with Crippen LogP contribution in [0.15, 0.2) is 54.7 Å². The lowest BCUT2D eigenvalue weighted by Crippen LogP contribution is -2.00. The molecule has 1 aliphatic carbocycles. The Balaban J connectivity index is 1.82. The number of hydrogen-bond acceptors (Lipinski definition) is 1. The van der Waals surface area contributed by atoms with Gasteiger partial charge < -0.3 is 4.98 Å². The molecule has 0 fully saturated rings. The van der Waals surface area contributed by atoms with E-state index in [-0.39, 0.29) is 0 Å². The maximum atomic E-state index is 4.69. The van der Waals surface area contributed by atoms with Gasteiger partial charge in [-0.05, 0) is 55.5 Å². The molecule has 4 aromatic rings. The smallest absolute Gasteiger partial charge is 0.0938 e. The van der Waals surface area contributed by atoms with E-state index in [1.807, 2.05) is 12.3 Å². The van der Waals surface area contributed by atoms with Crippen LogP contribution in [-0.4, -0.2) is 14.8 Å². The Morgan fingerprint density at radius 1 is 1.04 bits per heavy atom. The minimum absolute atomic E-state index is 1.08. The van der Waals surface area contributed by atoms with Gasteiger partial charge in [-0.15, -0.1) is 0 Å². The highest BCUT2D eigenvalue weighted by Crippen LogP contribution is 2.37. The van der Waals surface area contributed by atoms with Crippen molar-refractivity contribution in [2.24, 2.45) is 0 Å². The second kappa shape index (κ2) is 5.10. The van der Waals surface area contributed by atoms with Crippen LogP contribution >= 0.6 is 0 Å². The second-order valence-electron chi connectivity index (χ2n) is 6.65. The van der Waals surface area contributed by atoms with Crippen molar-refractivity contribution in [2.75, 3.05) is 0 Å². The molecule has 0 bridgehead atoms. The molecule has 0 atom stereocenters. The highest BCUT2D eigenvalue weighted by Gasteiger charge is 2.23. The van der Waals surface area contributed by atoms with Crippen molar-refractivity contribution in [2.45, 2.75) is 26.2 Å². The van der Waals surface area contributed by atoms with Crippen LogP contribution in [0.1, 0.15) is 23.1 Å². The average Bonchev–Trinajstić information content (AvgIpc) is 3.12. The molecule has 1 N–H and O–H groups in total. The number of benzene rings is 2. The van der Waals surface area contributed by atoms with E-state index in [9.17, 15) is 0 Å². The molecule has 2 aromatic carbocycles. The number of rotatable bonds is 1. The molecular weight excluding hydrogens is 294 g/mol. The third-order valence-electron chi connectivity index (χ3n) is 5.02. The second-order valence-corrected chi connectivity index (χ2v) is 6.65. The van der Waals surface area contributed by atoms with Crippen molar-refractivity contribution < 1.29 is 0 Å². The van der Waals surface area contributed by atoms with Crippen LogP contribution < -0.4 is 0 Å². The molecule has 24 heavy (non-hydrogen) atoms. The summed E-state index contributed by atoms with van der Waals surface area (Å²) in [5.74, 6) is 0. The first-order valence-electron chi connectivity index (χ1n) is 8.55. The normalized spacial score (nSPS) is 13.5. The first kappa shape index (κ1) is 13.6. The highest BCUT2D eigenvalue weighted by molar-refractivity contribution is 5.91. The summed E-state index contributed by atoms with van der Waals surface area (Å²) in [6, 6.07) is 17.1. The zero-order chi connectivity index (χ0) is 16.1. The fourth-order valence-electron chi connectivity index (χ4n) is 3.88. The number of aromatic nitrogens is 3. The van der Waals surface area contributed by atoms with E-state index in [2.05, 4.69) is 59.1 Å². The third-order valence-corrected chi connectivity index (χ3v) is 5.02. The van der Waals surface area contributed by atoms with E-state index in [0.29, 0.717) is 0 Å². The number of hydrogen-bond donors (Lipinski definition) is 1. The third kappa shape index (κ3) is 1.94. The van der Waals surface area contributed by atoms with Gasteiger partial charge in [0.25, 0.3) is 0 Å². The van der Waals surface area contributed by atoms with Gasteiger partial charge in [0.1, 0.15) is 0 Å². The van der Waals surface area contributed by atoms with E-state index in [1.54, 1.807) is 0 Å². The predicted octanol–water partition coefficient (Wildman–Crippen LogP) is 4.82. The molecule has 5 rings (SSSR count). The van der Waals surface area contributed by atoms with Crippen molar-refractivity contribution in [3.63, 3.8) is 0 Å². The topological polar surface area (TPSA) is 33.6 Å². The van der Waals surface area contributed by atoms with Crippen LogP contribution in [0.3, 0.4) is 0 Å². The van der Waals surface area contributed by atoms with Crippen LogP contribution in [0.5, 0.6) is 0 Å². The van der Waals surface area contributed by atoms with Crippen LogP contribution in [-0.2, 0) is 12.8 Å². The summed E-state index contributed by atoms with van der Waals surface area (Å²) in [6.07, 6.45) is 5.40. The Morgan fingerprint density at radius 2 is 1.92 bits per heavy atom. The summed E-state index contributed by atoms with van der Waals surface area (Å²) >= 11 is 0. The van der Waals surface area contributed by atoms with Crippen LogP contribution in [0, 0.1) is 6.92 Å². The van der Waals surface area contributed by atoms with Crippen LogP contribution in [0.25, 0.3) is 28.0 Å². The largest absolute Gasteiger partial charge is 0.353 e. The van der Waals surface area contributed by atoms with Gasteiger partial charge in [-0.1, -0.05) is 30.3 Å². The molecule has 0 aliphatic heterocycles. The number of aromatic amines is 1. The minimum Gasteiger partial charge on any atom is -0.353 e. The van der Waals surface area contributed by atoms with Gasteiger partial charge in [0.2, 0.25) is 0 Å². The molecule has 0 spiro atoms. The van der Waals surface area contributed by atoms with Crippen molar-refractivity contribution in [1.29, 1.82) is 0 Å². The molecule has 0 amide bonds. The van der Waals surface area contributed by atoms with E-state index >= 15 is 0 Å². The first-order chi connectivity index (χ1) is 11.8. The van der Waals surface area contributed by atoms with Crippen molar-refractivity contribution >= 4 is 10.9 Å². The Hall–Kier alpha value is -2.81. The summed E-state index contributed by atoms with van der Waals surface area (Å²) in [4.78, 5) is 3.69. The molecule has 118 valence electrons. The van der Waals surface area contributed by atoms with Crippen LogP contribution in [0.4, 0.5) is 0 Å². The lowest BCUT2D eigenvalue weighted by molar-refractivity contribution is 0.838. The molecule has 0 saturated heterocycles. The van der Waals surface area contributed by atoms with Crippen molar-refractivity contribution in [3.8, 4) is 17.1 Å². The molecule has 2 aromatic heterocycles. The standard InChI is InChI=1S/C21H19N3/c1-14-10-11-17-18-9-5-6-15-13-22-24(16-7-3-2-4-8-16)21(15)20(18)23-19(17)12-14/h2-4,7-8,10-13,23H,5-6,9H2,1H3. The monoisotopic (exact) mass is 313 g/mol. The van der Waals surface area contributed by atoms with Gasteiger partial charge in [0, 0.05) is 16.5 Å². The number of nitrogens with one attached hydrogen (secondary N) is 1. The van der Waals surface area contributed by atoms with E-state index in [1.165, 1.54) is 45.4 Å². The maximum Gasteiger partial charge on any atom is 0.0938 e. The number of aryl methyl sites for hydroxylation is 3. The Labute approximate surface area is 140 Å². The van der Waals surface area contributed by atoms with Gasteiger partial charge >= 0.3 is 0 Å². The average molecular weight is 313 g/mol. The SMILES string of the molecule is Cc1ccc2c3c([nH]c2c1)-c1c(cnn1-c1ccccc1)CCC3. The Kier molecular flexibility index (Phi) is 2.89. The zero-order valence-corrected chi connectivity index (χ0v) is 13.7. The van der Waals surface area contributed by atoms with Crippen LogP contribution in [0.2, 0.25) is 0 Å².